The second kappa shape index (κ2) is 10.3. The number of hydrogen-bond acceptors (Lipinski definition) is 4. The van der Waals surface area contributed by atoms with E-state index in [4.69, 9.17) is 9.47 Å². The van der Waals surface area contributed by atoms with Crippen molar-refractivity contribution in [3.63, 3.8) is 0 Å². The van der Waals surface area contributed by atoms with Crippen LogP contribution in [0.25, 0.3) is 0 Å². The molecule has 0 saturated carbocycles. The van der Waals surface area contributed by atoms with Crippen molar-refractivity contribution in [3.05, 3.63) is 23.5 Å². The third-order valence-electron chi connectivity index (χ3n) is 3.88. The Hall–Kier alpha value is -0.960. The lowest BCUT2D eigenvalue weighted by Gasteiger charge is -2.36. The second-order valence-corrected chi connectivity index (χ2v) is 5.35. The highest BCUT2D eigenvalue weighted by Gasteiger charge is 2.37. The maximum atomic E-state index is 14.4. The first kappa shape index (κ1) is 24.0. The number of hydrogen-bond donors (Lipinski definition) is 1. The molecule has 0 spiro atoms. The molecule has 0 amide bonds. The van der Waals surface area contributed by atoms with Crippen LogP contribution in [0.3, 0.4) is 0 Å². The van der Waals surface area contributed by atoms with Crippen LogP contribution in [0.4, 0.5) is 17.6 Å². The SMILES string of the molecule is COc1cc(F)c([C@@H](CC(F)(F)F)N2CCNCC2)cc1OC.Cl.Cl. The molecule has 0 unspecified atom stereocenters. The van der Waals surface area contributed by atoms with Gasteiger partial charge in [0.25, 0.3) is 0 Å². The summed E-state index contributed by atoms with van der Waals surface area (Å²) < 4.78 is 63.4. The molecule has 1 aromatic carbocycles. The number of alkyl halides is 3. The van der Waals surface area contributed by atoms with E-state index in [1.54, 1.807) is 4.90 Å². The van der Waals surface area contributed by atoms with E-state index in [9.17, 15) is 17.6 Å². The molecule has 146 valence electrons. The largest absolute Gasteiger partial charge is 0.493 e. The standard InChI is InChI=1S/C15H20F4N2O2.2ClH/c1-22-13-7-10(11(16)8-14(13)23-2)12(9-15(17,18)19)21-5-3-20-4-6-21;;/h7-8,12,20H,3-6,9H2,1-2H3;2*1H/t12-;;/m1../s1. The zero-order valence-electron chi connectivity index (χ0n) is 13.9. The summed E-state index contributed by atoms with van der Waals surface area (Å²) in [4.78, 5) is 1.65. The summed E-state index contributed by atoms with van der Waals surface area (Å²) in [6.07, 6.45) is -5.51. The second-order valence-electron chi connectivity index (χ2n) is 5.35. The molecule has 0 aliphatic carbocycles. The molecule has 0 radical (unpaired) electrons. The Morgan fingerprint density at radius 1 is 1.08 bits per heavy atom. The van der Waals surface area contributed by atoms with Gasteiger partial charge in [0, 0.05) is 43.9 Å². The number of halogens is 6. The summed E-state index contributed by atoms with van der Waals surface area (Å²) in [5.74, 6) is -0.360. The molecule has 0 bridgehead atoms. The van der Waals surface area contributed by atoms with Crippen LogP contribution in [0.2, 0.25) is 0 Å². The van der Waals surface area contributed by atoms with Crippen molar-refractivity contribution in [1.29, 1.82) is 0 Å². The third-order valence-corrected chi connectivity index (χ3v) is 3.88. The lowest BCUT2D eigenvalue weighted by Crippen LogP contribution is -2.46. The highest BCUT2D eigenvalue weighted by Crippen LogP contribution is 2.39. The predicted molar refractivity (Wildman–Crippen MR) is 91.9 cm³/mol. The van der Waals surface area contributed by atoms with Gasteiger partial charge < -0.3 is 14.8 Å². The van der Waals surface area contributed by atoms with Crippen LogP contribution in [-0.4, -0.2) is 51.5 Å². The van der Waals surface area contributed by atoms with Gasteiger partial charge in [-0.3, -0.25) is 4.90 Å². The molecule has 1 atom stereocenters. The minimum absolute atomic E-state index is 0. The fourth-order valence-corrected chi connectivity index (χ4v) is 2.77. The topological polar surface area (TPSA) is 33.7 Å². The minimum Gasteiger partial charge on any atom is -0.493 e. The van der Waals surface area contributed by atoms with E-state index >= 15 is 0 Å². The third kappa shape index (κ3) is 6.36. The van der Waals surface area contributed by atoms with Crippen molar-refractivity contribution >= 4 is 24.8 Å². The fraction of sp³-hybridized carbons (Fsp3) is 0.600. The van der Waals surface area contributed by atoms with Crippen molar-refractivity contribution in [1.82, 2.24) is 10.2 Å². The van der Waals surface area contributed by atoms with E-state index in [0.29, 0.717) is 26.2 Å². The number of rotatable bonds is 5. The molecular formula is C15H22Cl2F4N2O2. The van der Waals surface area contributed by atoms with E-state index < -0.39 is 24.5 Å². The van der Waals surface area contributed by atoms with Gasteiger partial charge in [-0.2, -0.15) is 13.2 Å². The van der Waals surface area contributed by atoms with E-state index in [1.807, 2.05) is 0 Å². The average molecular weight is 409 g/mol. The molecule has 4 nitrogen and oxygen atoms in total. The molecule has 1 N–H and O–H groups in total. The van der Waals surface area contributed by atoms with Gasteiger partial charge in [0.1, 0.15) is 5.82 Å². The van der Waals surface area contributed by atoms with Crippen LogP contribution in [0.5, 0.6) is 11.5 Å². The van der Waals surface area contributed by atoms with Crippen LogP contribution >= 0.6 is 24.8 Å². The number of piperazine rings is 1. The van der Waals surface area contributed by atoms with Crippen LogP contribution in [0, 0.1) is 5.82 Å². The first-order chi connectivity index (χ1) is 10.9. The lowest BCUT2D eigenvalue weighted by molar-refractivity contribution is -0.149. The van der Waals surface area contributed by atoms with Crippen molar-refractivity contribution < 1.29 is 27.0 Å². The van der Waals surface area contributed by atoms with Crippen molar-refractivity contribution in [2.75, 3.05) is 40.4 Å². The molecule has 1 saturated heterocycles. The molecule has 1 fully saturated rings. The van der Waals surface area contributed by atoms with Crippen LogP contribution < -0.4 is 14.8 Å². The maximum absolute atomic E-state index is 14.4. The Morgan fingerprint density at radius 3 is 2.08 bits per heavy atom. The first-order valence-electron chi connectivity index (χ1n) is 7.28. The molecule has 10 heteroatoms. The Balaban J connectivity index is 0.00000288. The predicted octanol–water partition coefficient (Wildman–Crippen LogP) is 3.59. The van der Waals surface area contributed by atoms with Gasteiger partial charge in [0.15, 0.2) is 11.5 Å². The Labute approximate surface area is 156 Å². The zero-order chi connectivity index (χ0) is 17.0. The summed E-state index contributed by atoms with van der Waals surface area (Å²) in [6, 6.07) is 1.28. The number of nitrogens with one attached hydrogen (secondary N) is 1. The van der Waals surface area contributed by atoms with Crippen LogP contribution in [0.15, 0.2) is 12.1 Å². The molecule has 2 rings (SSSR count). The fourth-order valence-electron chi connectivity index (χ4n) is 2.77. The number of benzene rings is 1. The molecule has 1 aliphatic heterocycles. The monoisotopic (exact) mass is 408 g/mol. The molecule has 1 aliphatic rings. The molecule has 0 aromatic heterocycles. The smallest absolute Gasteiger partial charge is 0.390 e. The summed E-state index contributed by atoms with van der Waals surface area (Å²) in [6.45, 7) is 2.00. The van der Waals surface area contributed by atoms with Gasteiger partial charge in [-0.25, -0.2) is 4.39 Å². The van der Waals surface area contributed by atoms with Gasteiger partial charge in [-0.15, -0.1) is 24.8 Å². The van der Waals surface area contributed by atoms with Crippen LogP contribution in [0.1, 0.15) is 18.0 Å². The quantitative estimate of drug-likeness (QED) is 0.754. The average Bonchev–Trinajstić information content (AvgIpc) is 2.52. The summed E-state index contributed by atoms with van der Waals surface area (Å²) in [5, 5.41) is 3.08. The van der Waals surface area contributed by atoms with Crippen molar-refractivity contribution in [2.45, 2.75) is 18.6 Å². The Bertz CT molecular complexity index is 541. The normalized spacial score (nSPS) is 16.4. The lowest BCUT2D eigenvalue weighted by atomic mass is 9.99. The summed E-state index contributed by atoms with van der Waals surface area (Å²) in [5.41, 5.74) is -0.0260. The summed E-state index contributed by atoms with van der Waals surface area (Å²) in [7, 11) is 2.71. The van der Waals surface area contributed by atoms with Crippen molar-refractivity contribution in [3.8, 4) is 11.5 Å². The van der Waals surface area contributed by atoms with E-state index in [-0.39, 0.29) is 41.9 Å². The number of nitrogens with zero attached hydrogens (tertiary/aromatic N) is 1. The van der Waals surface area contributed by atoms with E-state index in [1.165, 1.54) is 20.3 Å². The first-order valence-corrected chi connectivity index (χ1v) is 7.28. The zero-order valence-corrected chi connectivity index (χ0v) is 15.5. The van der Waals surface area contributed by atoms with E-state index in [0.717, 1.165) is 6.07 Å². The maximum Gasteiger partial charge on any atom is 0.390 e. The summed E-state index contributed by atoms with van der Waals surface area (Å²) >= 11 is 0. The number of methoxy groups -OCH3 is 2. The molecular weight excluding hydrogens is 387 g/mol. The van der Waals surface area contributed by atoms with Crippen LogP contribution in [-0.2, 0) is 0 Å². The van der Waals surface area contributed by atoms with Gasteiger partial charge in [-0.05, 0) is 6.07 Å². The van der Waals surface area contributed by atoms with Gasteiger partial charge in [0.2, 0.25) is 0 Å². The minimum atomic E-state index is -4.39. The van der Waals surface area contributed by atoms with Crippen molar-refractivity contribution in [2.24, 2.45) is 0 Å². The highest BCUT2D eigenvalue weighted by atomic mass is 35.5. The van der Waals surface area contributed by atoms with Gasteiger partial charge in [-0.1, -0.05) is 0 Å². The number of ether oxygens (including phenoxy) is 2. The highest BCUT2D eigenvalue weighted by molar-refractivity contribution is 5.85. The Kier molecular flexibility index (Phi) is 9.86. The van der Waals surface area contributed by atoms with Gasteiger partial charge >= 0.3 is 6.18 Å². The van der Waals surface area contributed by atoms with Gasteiger partial charge in [0.05, 0.1) is 20.6 Å². The molecule has 25 heavy (non-hydrogen) atoms. The molecule has 1 aromatic rings. The Morgan fingerprint density at radius 2 is 1.60 bits per heavy atom. The van der Waals surface area contributed by atoms with E-state index in [2.05, 4.69) is 5.32 Å². The molecule has 1 heterocycles.